The van der Waals surface area contributed by atoms with Crippen molar-refractivity contribution in [3.63, 3.8) is 0 Å². The van der Waals surface area contributed by atoms with Gasteiger partial charge >= 0.3 is 0 Å². The standard InChI is InChI=1S/C20H20N4O4/c1-26-16-7-4-13(5-8-16)19-15(11-21-23-19)12-22-24-20(25)14-6-9-17(27-2)18(10-14)28-3/h4-12H,1-3H3,(H,21,23)(H,24,25). The van der Waals surface area contributed by atoms with Crippen molar-refractivity contribution in [2.75, 3.05) is 21.3 Å². The largest absolute Gasteiger partial charge is 0.497 e. The molecule has 0 unspecified atom stereocenters. The number of methoxy groups -OCH3 is 3. The molecule has 3 aromatic rings. The lowest BCUT2D eigenvalue weighted by Gasteiger charge is -2.08. The molecule has 0 radical (unpaired) electrons. The van der Waals surface area contributed by atoms with Gasteiger partial charge in [-0.05, 0) is 42.5 Å². The van der Waals surface area contributed by atoms with E-state index in [4.69, 9.17) is 14.2 Å². The van der Waals surface area contributed by atoms with Crippen LogP contribution in [0.1, 0.15) is 15.9 Å². The first-order chi connectivity index (χ1) is 13.7. The van der Waals surface area contributed by atoms with Gasteiger partial charge in [-0.2, -0.15) is 10.2 Å². The van der Waals surface area contributed by atoms with Crippen molar-refractivity contribution in [2.24, 2.45) is 5.10 Å². The first-order valence-electron chi connectivity index (χ1n) is 8.39. The predicted molar refractivity (Wildman–Crippen MR) is 105 cm³/mol. The predicted octanol–water partition coefficient (Wildman–Crippen LogP) is 2.87. The Bertz CT molecular complexity index is 980. The van der Waals surface area contributed by atoms with Crippen LogP contribution in [0, 0.1) is 0 Å². The van der Waals surface area contributed by atoms with Gasteiger partial charge in [0.05, 0.1) is 39.4 Å². The van der Waals surface area contributed by atoms with Crippen molar-refractivity contribution in [3.05, 3.63) is 59.8 Å². The van der Waals surface area contributed by atoms with E-state index in [2.05, 4.69) is 20.7 Å². The summed E-state index contributed by atoms with van der Waals surface area (Å²) in [6.07, 6.45) is 3.16. The Hall–Kier alpha value is -3.81. The highest BCUT2D eigenvalue weighted by Crippen LogP contribution is 2.27. The first kappa shape index (κ1) is 19.0. The number of benzene rings is 2. The summed E-state index contributed by atoms with van der Waals surface area (Å²) >= 11 is 0. The fourth-order valence-electron chi connectivity index (χ4n) is 2.58. The van der Waals surface area contributed by atoms with Crippen molar-refractivity contribution in [1.82, 2.24) is 15.6 Å². The third-order valence-electron chi connectivity index (χ3n) is 4.06. The molecule has 0 aliphatic carbocycles. The molecule has 3 rings (SSSR count). The first-order valence-corrected chi connectivity index (χ1v) is 8.39. The molecular formula is C20H20N4O4. The van der Waals surface area contributed by atoms with E-state index in [-0.39, 0.29) is 5.91 Å². The summed E-state index contributed by atoms with van der Waals surface area (Å²) in [5, 5.41) is 11.0. The smallest absolute Gasteiger partial charge is 0.271 e. The lowest BCUT2D eigenvalue weighted by atomic mass is 10.1. The molecule has 2 aromatic carbocycles. The number of aromatic amines is 1. The summed E-state index contributed by atoms with van der Waals surface area (Å²) in [6, 6.07) is 12.4. The molecule has 0 fully saturated rings. The van der Waals surface area contributed by atoms with Crippen LogP contribution in [-0.2, 0) is 0 Å². The van der Waals surface area contributed by atoms with Crippen LogP contribution < -0.4 is 19.6 Å². The van der Waals surface area contributed by atoms with Gasteiger partial charge in [0.15, 0.2) is 11.5 Å². The quantitative estimate of drug-likeness (QED) is 0.485. The molecule has 1 aromatic heterocycles. The van der Waals surface area contributed by atoms with Crippen LogP contribution in [0.15, 0.2) is 53.8 Å². The van der Waals surface area contributed by atoms with E-state index < -0.39 is 0 Å². The van der Waals surface area contributed by atoms with Gasteiger partial charge < -0.3 is 14.2 Å². The summed E-state index contributed by atoms with van der Waals surface area (Å²) in [7, 11) is 4.66. The molecule has 8 nitrogen and oxygen atoms in total. The van der Waals surface area contributed by atoms with Crippen molar-refractivity contribution >= 4 is 12.1 Å². The van der Waals surface area contributed by atoms with Crippen molar-refractivity contribution < 1.29 is 19.0 Å². The zero-order chi connectivity index (χ0) is 19.9. The van der Waals surface area contributed by atoms with Gasteiger partial charge in [0.2, 0.25) is 0 Å². The Morgan fingerprint density at radius 1 is 1.04 bits per heavy atom. The normalized spacial score (nSPS) is 10.7. The van der Waals surface area contributed by atoms with Gasteiger partial charge in [-0.15, -0.1) is 0 Å². The molecule has 144 valence electrons. The molecule has 2 N–H and O–H groups in total. The Balaban J connectivity index is 1.71. The maximum absolute atomic E-state index is 12.3. The second-order valence-corrected chi connectivity index (χ2v) is 5.70. The SMILES string of the molecule is COc1ccc(-c2[nH]ncc2C=NNC(=O)c2ccc(OC)c(OC)c2)cc1. The van der Waals surface area contributed by atoms with Crippen LogP contribution in [0.4, 0.5) is 0 Å². The van der Waals surface area contributed by atoms with E-state index in [0.29, 0.717) is 17.1 Å². The zero-order valence-corrected chi connectivity index (χ0v) is 15.7. The fourth-order valence-corrected chi connectivity index (χ4v) is 2.58. The molecule has 0 atom stereocenters. The minimum atomic E-state index is -0.369. The molecule has 0 aliphatic rings. The molecule has 0 saturated carbocycles. The van der Waals surface area contributed by atoms with Crippen LogP contribution in [0.2, 0.25) is 0 Å². The molecule has 8 heteroatoms. The zero-order valence-electron chi connectivity index (χ0n) is 15.7. The van der Waals surface area contributed by atoms with Gasteiger partial charge in [-0.25, -0.2) is 5.43 Å². The average Bonchev–Trinajstić information content (AvgIpc) is 3.21. The van der Waals surface area contributed by atoms with E-state index >= 15 is 0 Å². The number of aromatic nitrogens is 2. The molecule has 0 saturated heterocycles. The second kappa shape index (κ2) is 8.72. The Kier molecular flexibility index (Phi) is 5.91. The van der Waals surface area contributed by atoms with Gasteiger partial charge in [0, 0.05) is 16.7 Å². The number of ether oxygens (including phenoxy) is 3. The lowest BCUT2D eigenvalue weighted by Crippen LogP contribution is -2.17. The number of hydrogen-bond donors (Lipinski definition) is 2. The Morgan fingerprint density at radius 2 is 1.79 bits per heavy atom. The van der Waals surface area contributed by atoms with Crippen LogP contribution in [0.25, 0.3) is 11.3 Å². The molecule has 0 spiro atoms. The highest BCUT2D eigenvalue weighted by atomic mass is 16.5. The number of amides is 1. The molecule has 1 heterocycles. The van der Waals surface area contributed by atoms with E-state index in [9.17, 15) is 4.79 Å². The van der Waals surface area contributed by atoms with Crippen LogP contribution in [0.3, 0.4) is 0 Å². The Morgan fingerprint density at radius 3 is 2.46 bits per heavy atom. The summed E-state index contributed by atoms with van der Waals surface area (Å²) in [5.74, 6) is 1.41. The van der Waals surface area contributed by atoms with Crippen molar-refractivity contribution in [3.8, 4) is 28.5 Å². The van der Waals surface area contributed by atoms with E-state index in [1.54, 1.807) is 31.5 Å². The number of rotatable bonds is 7. The summed E-state index contributed by atoms with van der Waals surface area (Å²) in [6.45, 7) is 0. The summed E-state index contributed by atoms with van der Waals surface area (Å²) in [5.41, 5.74) is 5.34. The average molecular weight is 380 g/mol. The monoisotopic (exact) mass is 380 g/mol. The number of carbonyl (C=O) groups excluding carboxylic acids is 1. The van der Waals surface area contributed by atoms with E-state index in [1.165, 1.54) is 20.4 Å². The highest BCUT2D eigenvalue weighted by Gasteiger charge is 2.10. The van der Waals surface area contributed by atoms with E-state index in [0.717, 1.165) is 22.6 Å². The van der Waals surface area contributed by atoms with Crippen LogP contribution >= 0.6 is 0 Å². The van der Waals surface area contributed by atoms with Crippen molar-refractivity contribution in [2.45, 2.75) is 0 Å². The number of H-pyrrole nitrogens is 1. The minimum Gasteiger partial charge on any atom is -0.497 e. The van der Waals surface area contributed by atoms with Crippen LogP contribution in [0.5, 0.6) is 17.2 Å². The minimum absolute atomic E-state index is 0.369. The second-order valence-electron chi connectivity index (χ2n) is 5.70. The number of hydrogen-bond acceptors (Lipinski definition) is 6. The summed E-state index contributed by atoms with van der Waals surface area (Å²) in [4.78, 5) is 12.3. The molecule has 0 bridgehead atoms. The number of nitrogens with zero attached hydrogens (tertiary/aromatic N) is 2. The lowest BCUT2D eigenvalue weighted by molar-refractivity contribution is 0.0954. The fraction of sp³-hybridized carbons (Fsp3) is 0.150. The third kappa shape index (κ3) is 4.12. The maximum atomic E-state index is 12.3. The topological polar surface area (TPSA) is 97.8 Å². The molecule has 0 aliphatic heterocycles. The van der Waals surface area contributed by atoms with Gasteiger partial charge in [0.1, 0.15) is 5.75 Å². The van der Waals surface area contributed by atoms with Crippen LogP contribution in [-0.4, -0.2) is 43.6 Å². The molecule has 28 heavy (non-hydrogen) atoms. The maximum Gasteiger partial charge on any atom is 0.271 e. The Labute approximate surface area is 162 Å². The molecular weight excluding hydrogens is 360 g/mol. The summed E-state index contributed by atoms with van der Waals surface area (Å²) < 4.78 is 15.5. The van der Waals surface area contributed by atoms with Crippen molar-refractivity contribution in [1.29, 1.82) is 0 Å². The highest BCUT2D eigenvalue weighted by molar-refractivity contribution is 5.96. The van der Waals surface area contributed by atoms with Gasteiger partial charge in [0.25, 0.3) is 5.91 Å². The third-order valence-corrected chi connectivity index (χ3v) is 4.06. The molecule has 1 amide bonds. The number of hydrazone groups is 1. The number of carbonyl (C=O) groups is 1. The number of nitrogens with one attached hydrogen (secondary N) is 2. The van der Waals surface area contributed by atoms with E-state index in [1.807, 2.05) is 24.3 Å². The van der Waals surface area contributed by atoms with Gasteiger partial charge in [-0.3, -0.25) is 9.89 Å². The van der Waals surface area contributed by atoms with Gasteiger partial charge in [-0.1, -0.05) is 0 Å².